The van der Waals surface area contributed by atoms with Gasteiger partial charge in [-0.05, 0) is 53.9 Å². The second kappa shape index (κ2) is 11.1. The molecule has 0 saturated heterocycles. The zero-order chi connectivity index (χ0) is 23.8. The molecular formula is C25H24FN5O3. The van der Waals surface area contributed by atoms with Crippen LogP contribution in [0.4, 0.5) is 14.9 Å². The van der Waals surface area contributed by atoms with Gasteiger partial charge in [-0.15, -0.1) is 0 Å². The van der Waals surface area contributed by atoms with Gasteiger partial charge in [-0.3, -0.25) is 10.1 Å². The summed E-state index contributed by atoms with van der Waals surface area (Å²) >= 11 is 0. The number of H-pyrrole nitrogens is 1. The predicted octanol–water partition coefficient (Wildman–Crippen LogP) is 4.82. The number of anilines is 1. The highest BCUT2D eigenvalue weighted by molar-refractivity contribution is 5.91. The molecule has 2 aromatic carbocycles. The molecule has 0 atom stereocenters. The second-order valence-corrected chi connectivity index (χ2v) is 7.55. The van der Waals surface area contributed by atoms with E-state index in [1.165, 1.54) is 17.0 Å². The van der Waals surface area contributed by atoms with Crippen molar-refractivity contribution < 1.29 is 19.0 Å². The van der Waals surface area contributed by atoms with Crippen LogP contribution in [0.1, 0.15) is 12.0 Å². The normalized spacial score (nSPS) is 10.6. The molecule has 3 N–H and O–H groups in total. The van der Waals surface area contributed by atoms with E-state index in [0.717, 1.165) is 11.1 Å². The highest BCUT2D eigenvalue weighted by atomic mass is 19.1. The molecule has 0 spiro atoms. The Morgan fingerprint density at radius 2 is 2.03 bits per heavy atom. The van der Waals surface area contributed by atoms with Gasteiger partial charge in [0.1, 0.15) is 11.6 Å². The van der Waals surface area contributed by atoms with Crippen LogP contribution < -0.4 is 10.1 Å². The number of aliphatic hydroxyl groups is 1. The molecule has 0 radical (unpaired) electrons. The molecule has 0 saturated carbocycles. The molecule has 2 heterocycles. The van der Waals surface area contributed by atoms with Gasteiger partial charge in [0.2, 0.25) is 0 Å². The predicted molar refractivity (Wildman–Crippen MR) is 126 cm³/mol. The number of aromatic amines is 1. The highest BCUT2D eigenvalue weighted by Crippen LogP contribution is 2.34. The summed E-state index contributed by atoms with van der Waals surface area (Å²) in [5.74, 6) is 0.564. The average Bonchev–Trinajstić information content (AvgIpc) is 3.38. The maximum Gasteiger partial charge on any atom is 0.322 e. The van der Waals surface area contributed by atoms with Crippen molar-refractivity contribution in [3.63, 3.8) is 0 Å². The standard InChI is InChI=1S/C25H24FN5O3/c26-21-5-1-4-18(12-21)17-31(10-3-11-32)25(33)30-23-8-7-19(20-14-28-29-15-20)13-24(23)34-22-6-2-9-27-16-22/h1-2,4-9,12-16,32H,3,10-11,17H2,(H,28,29)(H,30,33). The topological polar surface area (TPSA) is 103 Å². The first kappa shape index (κ1) is 22.9. The van der Waals surface area contributed by atoms with Crippen molar-refractivity contribution in [3.8, 4) is 22.6 Å². The van der Waals surface area contributed by atoms with Crippen molar-refractivity contribution in [2.24, 2.45) is 0 Å². The first-order valence-corrected chi connectivity index (χ1v) is 10.7. The van der Waals surface area contributed by atoms with Crippen molar-refractivity contribution >= 4 is 11.7 Å². The van der Waals surface area contributed by atoms with E-state index in [9.17, 15) is 14.3 Å². The molecule has 2 amide bonds. The Hall–Kier alpha value is -4.24. The minimum absolute atomic E-state index is 0.0678. The van der Waals surface area contributed by atoms with Crippen molar-refractivity contribution in [2.75, 3.05) is 18.5 Å². The van der Waals surface area contributed by atoms with Crippen molar-refractivity contribution in [1.29, 1.82) is 0 Å². The molecule has 2 aromatic heterocycles. The smallest absolute Gasteiger partial charge is 0.322 e. The first-order valence-electron chi connectivity index (χ1n) is 10.7. The molecule has 8 nitrogen and oxygen atoms in total. The van der Waals surface area contributed by atoms with Gasteiger partial charge in [0.05, 0.1) is 18.1 Å². The Labute approximate surface area is 196 Å². The van der Waals surface area contributed by atoms with E-state index in [1.54, 1.807) is 61.2 Å². The van der Waals surface area contributed by atoms with Gasteiger partial charge < -0.3 is 20.1 Å². The number of nitrogens with one attached hydrogen (secondary N) is 2. The van der Waals surface area contributed by atoms with Crippen molar-refractivity contribution in [2.45, 2.75) is 13.0 Å². The van der Waals surface area contributed by atoms with E-state index < -0.39 is 6.03 Å². The summed E-state index contributed by atoms with van der Waals surface area (Å²) in [5.41, 5.74) is 2.82. The summed E-state index contributed by atoms with van der Waals surface area (Å²) in [4.78, 5) is 18.8. The van der Waals surface area contributed by atoms with Crippen LogP contribution in [0, 0.1) is 5.82 Å². The maximum absolute atomic E-state index is 13.6. The number of hydrogen-bond acceptors (Lipinski definition) is 5. The third-order valence-electron chi connectivity index (χ3n) is 5.05. The number of pyridine rings is 1. The lowest BCUT2D eigenvalue weighted by Gasteiger charge is -2.24. The zero-order valence-corrected chi connectivity index (χ0v) is 18.3. The number of benzene rings is 2. The van der Waals surface area contributed by atoms with E-state index in [0.29, 0.717) is 35.7 Å². The van der Waals surface area contributed by atoms with Crippen LogP contribution in [0.25, 0.3) is 11.1 Å². The fourth-order valence-corrected chi connectivity index (χ4v) is 3.40. The van der Waals surface area contributed by atoms with Crippen molar-refractivity contribution in [3.05, 3.63) is 90.8 Å². The molecule has 174 valence electrons. The van der Waals surface area contributed by atoms with Gasteiger partial charge in [-0.1, -0.05) is 18.2 Å². The number of carbonyl (C=O) groups excluding carboxylic acids is 1. The molecule has 0 aliphatic carbocycles. The fraction of sp³-hybridized carbons (Fsp3) is 0.160. The number of hydrogen-bond donors (Lipinski definition) is 3. The number of aliphatic hydroxyl groups excluding tert-OH is 1. The van der Waals surface area contributed by atoms with Gasteiger partial charge in [0.25, 0.3) is 0 Å². The molecule has 0 fully saturated rings. The van der Waals surface area contributed by atoms with Crippen LogP contribution in [0.3, 0.4) is 0 Å². The summed E-state index contributed by atoms with van der Waals surface area (Å²) in [6, 6.07) is 14.6. The number of aromatic nitrogens is 3. The van der Waals surface area contributed by atoms with Crippen LogP contribution in [-0.4, -0.2) is 44.4 Å². The zero-order valence-electron chi connectivity index (χ0n) is 18.3. The van der Waals surface area contributed by atoms with Gasteiger partial charge in [0.15, 0.2) is 5.75 Å². The molecule has 9 heteroatoms. The van der Waals surface area contributed by atoms with Crippen LogP contribution >= 0.6 is 0 Å². The van der Waals surface area contributed by atoms with E-state index in [2.05, 4.69) is 20.5 Å². The lowest BCUT2D eigenvalue weighted by Crippen LogP contribution is -2.35. The number of carbonyl (C=O) groups is 1. The Balaban J connectivity index is 1.59. The molecule has 4 rings (SSSR count). The minimum Gasteiger partial charge on any atom is -0.454 e. The van der Waals surface area contributed by atoms with Crippen LogP contribution in [0.5, 0.6) is 11.5 Å². The largest absolute Gasteiger partial charge is 0.454 e. The minimum atomic E-state index is -0.398. The van der Waals surface area contributed by atoms with Gasteiger partial charge in [0, 0.05) is 37.7 Å². The van der Waals surface area contributed by atoms with E-state index in [1.807, 2.05) is 6.07 Å². The third-order valence-corrected chi connectivity index (χ3v) is 5.05. The summed E-state index contributed by atoms with van der Waals surface area (Å²) in [6.07, 6.45) is 7.06. The SMILES string of the molecule is O=C(Nc1ccc(-c2cn[nH]c2)cc1Oc1cccnc1)N(CCCO)Cc1cccc(F)c1. The molecule has 0 bridgehead atoms. The monoisotopic (exact) mass is 461 g/mol. The van der Waals surface area contributed by atoms with Gasteiger partial charge >= 0.3 is 6.03 Å². The summed E-state index contributed by atoms with van der Waals surface area (Å²) < 4.78 is 19.7. The Morgan fingerprint density at radius 3 is 2.76 bits per heavy atom. The molecule has 0 aliphatic rings. The quantitative estimate of drug-likeness (QED) is 0.332. The highest BCUT2D eigenvalue weighted by Gasteiger charge is 2.17. The molecule has 4 aromatic rings. The molecule has 0 unspecified atom stereocenters. The molecule has 34 heavy (non-hydrogen) atoms. The lowest BCUT2D eigenvalue weighted by atomic mass is 10.1. The maximum atomic E-state index is 13.6. The molecule has 0 aliphatic heterocycles. The number of ether oxygens (including phenoxy) is 1. The summed E-state index contributed by atoms with van der Waals surface area (Å²) in [5, 5.41) is 18.9. The Bertz CT molecular complexity index is 1220. The summed E-state index contributed by atoms with van der Waals surface area (Å²) in [7, 11) is 0. The Morgan fingerprint density at radius 1 is 1.12 bits per heavy atom. The van der Waals surface area contributed by atoms with Gasteiger partial charge in [-0.25, -0.2) is 9.18 Å². The van der Waals surface area contributed by atoms with Crippen LogP contribution in [-0.2, 0) is 6.54 Å². The van der Waals surface area contributed by atoms with Crippen LogP contribution in [0.15, 0.2) is 79.4 Å². The number of rotatable bonds is 9. The molecular weight excluding hydrogens is 437 g/mol. The van der Waals surface area contributed by atoms with Crippen LogP contribution in [0.2, 0.25) is 0 Å². The Kier molecular flexibility index (Phi) is 7.46. The second-order valence-electron chi connectivity index (χ2n) is 7.55. The van der Waals surface area contributed by atoms with E-state index in [4.69, 9.17) is 4.74 Å². The number of nitrogens with zero attached hydrogens (tertiary/aromatic N) is 3. The number of urea groups is 1. The third kappa shape index (κ3) is 5.96. The van der Waals surface area contributed by atoms with Crippen molar-refractivity contribution in [1.82, 2.24) is 20.1 Å². The number of amides is 2. The van der Waals surface area contributed by atoms with E-state index >= 15 is 0 Å². The fourth-order valence-electron chi connectivity index (χ4n) is 3.40. The average molecular weight is 461 g/mol. The van der Waals surface area contributed by atoms with Gasteiger partial charge in [-0.2, -0.15) is 5.10 Å². The lowest BCUT2D eigenvalue weighted by molar-refractivity contribution is 0.199. The summed E-state index contributed by atoms with van der Waals surface area (Å²) in [6.45, 7) is 0.419. The number of halogens is 1. The first-order chi connectivity index (χ1) is 16.6. The van der Waals surface area contributed by atoms with E-state index in [-0.39, 0.29) is 19.0 Å².